The molecule has 0 aliphatic heterocycles. The molecule has 1 fully saturated rings. The van der Waals surface area contributed by atoms with Crippen molar-refractivity contribution in [2.75, 3.05) is 26.2 Å². The van der Waals surface area contributed by atoms with Crippen LogP contribution < -0.4 is 5.32 Å². The van der Waals surface area contributed by atoms with E-state index >= 15 is 0 Å². The summed E-state index contributed by atoms with van der Waals surface area (Å²) in [4.78, 5) is 1.56. The van der Waals surface area contributed by atoms with E-state index in [1.165, 1.54) is 6.42 Å². The van der Waals surface area contributed by atoms with Crippen LogP contribution in [-0.2, 0) is 0 Å². The van der Waals surface area contributed by atoms with Gasteiger partial charge in [0.25, 0.3) is 0 Å². The van der Waals surface area contributed by atoms with Crippen molar-refractivity contribution in [3.8, 4) is 0 Å². The molecule has 120 valence electrons. The van der Waals surface area contributed by atoms with Crippen molar-refractivity contribution < 1.29 is 13.2 Å². The second kappa shape index (κ2) is 7.64. The summed E-state index contributed by atoms with van der Waals surface area (Å²) in [6.45, 7) is 7.06. The summed E-state index contributed by atoms with van der Waals surface area (Å²) in [7, 11) is 0. The highest BCUT2D eigenvalue weighted by Crippen LogP contribution is 2.37. The molecule has 0 spiro atoms. The third kappa shape index (κ3) is 6.44. The fourth-order valence-corrected chi connectivity index (χ4v) is 3.12. The predicted octanol–water partition coefficient (Wildman–Crippen LogP) is 3.82. The van der Waals surface area contributed by atoms with E-state index in [-0.39, 0.29) is 5.41 Å². The fourth-order valence-electron chi connectivity index (χ4n) is 3.12. The topological polar surface area (TPSA) is 15.3 Å². The van der Waals surface area contributed by atoms with Gasteiger partial charge in [-0.15, -0.1) is 0 Å². The molecule has 0 bridgehead atoms. The summed E-state index contributed by atoms with van der Waals surface area (Å²) < 4.78 is 37.9. The summed E-state index contributed by atoms with van der Waals surface area (Å²) in [5.41, 5.74) is 0.0176. The Morgan fingerprint density at radius 2 is 1.75 bits per heavy atom. The third-order valence-corrected chi connectivity index (χ3v) is 4.21. The highest BCUT2D eigenvalue weighted by atomic mass is 19.4. The number of nitrogens with one attached hydrogen (secondary N) is 1. The first-order valence-electron chi connectivity index (χ1n) is 7.79. The molecule has 5 heteroatoms. The van der Waals surface area contributed by atoms with Gasteiger partial charge in [-0.3, -0.25) is 4.90 Å². The largest absolute Gasteiger partial charge is 0.401 e. The molecule has 20 heavy (non-hydrogen) atoms. The zero-order chi connectivity index (χ0) is 15.2. The van der Waals surface area contributed by atoms with Gasteiger partial charge in [0.15, 0.2) is 0 Å². The quantitative estimate of drug-likeness (QED) is 0.768. The first-order chi connectivity index (χ1) is 9.26. The number of hydrogen-bond acceptors (Lipinski definition) is 2. The Labute approximate surface area is 121 Å². The molecule has 0 heterocycles. The highest BCUT2D eigenvalue weighted by molar-refractivity contribution is 4.88. The van der Waals surface area contributed by atoms with E-state index in [9.17, 15) is 13.2 Å². The molecule has 0 radical (unpaired) electrons. The van der Waals surface area contributed by atoms with Gasteiger partial charge in [-0.2, -0.15) is 13.2 Å². The number of nitrogens with zero attached hydrogens (tertiary/aromatic N) is 1. The maximum Gasteiger partial charge on any atom is 0.401 e. The zero-order valence-electron chi connectivity index (χ0n) is 13.0. The SMILES string of the molecule is CCN(CC(F)(F)F)CC1(CNC(C)C)CCCCC1. The number of alkyl halides is 3. The highest BCUT2D eigenvalue weighted by Gasteiger charge is 2.37. The molecule has 0 amide bonds. The molecule has 0 aromatic rings. The van der Waals surface area contributed by atoms with E-state index in [4.69, 9.17) is 0 Å². The van der Waals surface area contributed by atoms with Crippen LogP contribution in [0.25, 0.3) is 0 Å². The van der Waals surface area contributed by atoms with Crippen molar-refractivity contribution in [2.45, 2.75) is 65.1 Å². The predicted molar refractivity (Wildman–Crippen MR) is 76.8 cm³/mol. The molecular formula is C15H29F3N2. The molecule has 0 atom stereocenters. The normalized spacial score (nSPS) is 19.8. The van der Waals surface area contributed by atoms with Gasteiger partial charge in [0, 0.05) is 19.1 Å². The average molecular weight is 294 g/mol. The summed E-state index contributed by atoms with van der Waals surface area (Å²) >= 11 is 0. The lowest BCUT2D eigenvalue weighted by molar-refractivity contribution is -0.149. The fraction of sp³-hybridized carbons (Fsp3) is 1.00. The van der Waals surface area contributed by atoms with Crippen LogP contribution in [0, 0.1) is 5.41 Å². The van der Waals surface area contributed by atoms with Gasteiger partial charge in [-0.1, -0.05) is 40.0 Å². The molecule has 1 rings (SSSR count). The Hall–Kier alpha value is -0.290. The molecule has 1 saturated carbocycles. The van der Waals surface area contributed by atoms with Crippen LogP contribution in [0.5, 0.6) is 0 Å². The van der Waals surface area contributed by atoms with E-state index < -0.39 is 12.7 Å². The minimum atomic E-state index is -4.10. The Kier molecular flexibility index (Phi) is 6.79. The monoisotopic (exact) mass is 294 g/mol. The molecule has 1 N–H and O–H groups in total. The van der Waals surface area contributed by atoms with E-state index in [2.05, 4.69) is 19.2 Å². The van der Waals surface area contributed by atoms with Crippen LogP contribution >= 0.6 is 0 Å². The van der Waals surface area contributed by atoms with Crippen LogP contribution in [0.2, 0.25) is 0 Å². The van der Waals surface area contributed by atoms with Gasteiger partial charge >= 0.3 is 6.18 Å². The summed E-state index contributed by atoms with van der Waals surface area (Å²) in [5.74, 6) is 0. The standard InChI is InChI=1S/C15H29F3N2/c1-4-20(12-15(16,17)18)11-14(10-19-13(2)3)8-6-5-7-9-14/h13,19H,4-12H2,1-3H3. The van der Waals surface area contributed by atoms with Gasteiger partial charge in [0.1, 0.15) is 0 Å². The van der Waals surface area contributed by atoms with Crippen molar-refractivity contribution in [3.63, 3.8) is 0 Å². The smallest absolute Gasteiger partial charge is 0.314 e. The molecule has 1 aliphatic rings. The minimum absolute atomic E-state index is 0.0176. The summed E-state index contributed by atoms with van der Waals surface area (Å²) in [5, 5.41) is 3.44. The number of halogens is 3. The lowest BCUT2D eigenvalue weighted by atomic mass is 9.73. The van der Waals surface area contributed by atoms with Crippen molar-refractivity contribution in [1.29, 1.82) is 0 Å². The minimum Gasteiger partial charge on any atom is -0.314 e. The van der Waals surface area contributed by atoms with E-state index in [1.54, 1.807) is 4.90 Å². The van der Waals surface area contributed by atoms with Crippen molar-refractivity contribution in [1.82, 2.24) is 10.2 Å². The Bertz CT molecular complexity index is 271. The van der Waals surface area contributed by atoms with Crippen LogP contribution in [-0.4, -0.2) is 43.3 Å². The van der Waals surface area contributed by atoms with E-state index in [1.807, 2.05) is 6.92 Å². The summed E-state index contributed by atoms with van der Waals surface area (Å²) in [6, 6.07) is 0.381. The van der Waals surface area contributed by atoms with Gasteiger partial charge in [0.05, 0.1) is 6.54 Å². The van der Waals surface area contributed by atoms with Crippen LogP contribution in [0.4, 0.5) is 13.2 Å². The van der Waals surface area contributed by atoms with Crippen LogP contribution in [0.3, 0.4) is 0 Å². The Balaban J connectivity index is 2.66. The lowest BCUT2D eigenvalue weighted by Gasteiger charge is -2.42. The second-order valence-electron chi connectivity index (χ2n) is 6.51. The van der Waals surface area contributed by atoms with Gasteiger partial charge < -0.3 is 5.32 Å². The maximum absolute atomic E-state index is 12.6. The zero-order valence-corrected chi connectivity index (χ0v) is 13.0. The summed E-state index contributed by atoms with van der Waals surface area (Å²) in [6.07, 6.45) is 1.49. The third-order valence-electron chi connectivity index (χ3n) is 4.21. The van der Waals surface area contributed by atoms with Crippen LogP contribution in [0.15, 0.2) is 0 Å². The van der Waals surface area contributed by atoms with Crippen molar-refractivity contribution >= 4 is 0 Å². The first kappa shape index (κ1) is 17.8. The average Bonchev–Trinajstić information content (AvgIpc) is 2.35. The van der Waals surface area contributed by atoms with E-state index in [0.29, 0.717) is 19.1 Å². The Morgan fingerprint density at radius 1 is 1.15 bits per heavy atom. The molecule has 0 aromatic carbocycles. The molecule has 0 unspecified atom stereocenters. The molecular weight excluding hydrogens is 265 g/mol. The van der Waals surface area contributed by atoms with Gasteiger partial charge in [-0.05, 0) is 24.8 Å². The number of rotatable bonds is 7. The van der Waals surface area contributed by atoms with Gasteiger partial charge in [-0.25, -0.2) is 0 Å². The van der Waals surface area contributed by atoms with Crippen LogP contribution in [0.1, 0.15) is 52.9 Å². The molecule has 0 aromatic heterocycles. The molecule has 0 saturated heterocycles. The lowest BCUT2D eigenvalue weighted by Crippen LogP contribution is -2.48. The van der Waals surface area contributed by atoms with Crippen molar-refractivity contribution in [3.05, 3.63) is 0 Å². The molecule has 1 aliphatic carbocycles. The Morgan fingerprint density at radius 3 is 2.20 bits per heavy atom. The van der Waals surface area contributed by atoms with Crippen molar-refractivity contribution in [2.24, 2.45) is 5.41 Å². The number of hydrogen-bond donors (Lipinski definition) is 1. The molecule has 2 nitrogen and oxygen atoms in total. The van der Waals surface area contributed by atoms with E-state index in [0.717, 1.165) is 32.2 Å². The second-order valence-corrected chi connectivity index (χ2v) is 6.51. The maximum atomic E-state index is 12.6. The first-order valence-corrected chi connectivity index (χ1v) is 7.79. The van der Waals surface area contributed by atoms with Gasteiger partial charge in [0.2, 0.25) is 0 Å².